The van der Waals surface area contributed by atoms with Crippen molar-refractivity contribution in [3.05, 3.63) is 0 Å². The molecule has 0 unspecified atom stereocenters. The van der Waals surface area contributed by atoms with Crippen molar-refractivity contribution < 1.29 is 24.2 Å². The molecule has 0 spiro atoms. The molecule has 8 nitrogen and oxygen atoms in total. The van der Waals surface area contributed by atoms with Crippen LogP contribution in [-0.4, -0.2) is 54.4 Å². The summed E-state index contributed by atoms with van der Waals surface area (Å²) in [4.78, 5) is 35.0. The Morgan fingerprint density at radius 2 is 1.75 bits per heavy atom. The van der Waals surface area contributed by atoms with Crippen molar-refractivity contribution in [1.82, 2.24) is 16.0 Å². The van der Waals surface area contributed by atoms with Crippen LogP contribution in [0.25, 0.3) is 0 Å². The Kier molecular flexibility index (Phi) is 6.84. The lowest BCUT2D eigenvalue weighted by molar-refractivity contribution is -0.140. The Balaban J connectivity index is 1.75. The maximum Gasteiger partial charge on any atom is 0.315 e. The lowest BCUT2D eigenvalue weighted by Crippen LogP contribution is -2.56. The number of ether oxygens (including phenoxy) is 1. The van der Waals surface area contributed by atoms with Gasteiger partial charge < -0.3 is 25.8 Å². The van der Waals surface area contributed by atoms with Crippen LogP contribution in [0.1, 0.15) is 51.4 Å². The number of hydrogen-bond acceptors (Lipinski definition) is 4. The molecule has 0 aromatic rings. The zero-order chi connectivity index (χ0) is 17.4. The van der Waals surface area contributed by atoms with E-state index in [4.69, 9.17) is 9.84 Å². The summed E-state index contributed by atoms with van der Waals surface area (Å²) in [5.41, 5.74) is -0.789. The first-order chi connectivity index (χ1) is 11.5. The van der Waals surface area contributed by atoms with Crippen molar-refractivity contribution >= 4 is 17.9 Å². The van der Waals surface area contributed by atoms with E-state index in [1.54, 1.807) is 0 Å². The maximum absolute atomic E-state index is 12.1. The van der Waals surface area contributed by atoms with Gasteiger partial charge in [0.05, 0.1) is 18.5 Å². The second kappa shape index (κ2) is 8.86. The van der Waals surface area contributed by atoms with E-state index in [1.807, 2.05) is 0 Å². The zero-order valence-electron chi connectivity index (χ0n) is 13.9. The predicted molar refractivity (Wildman–Crippen MR) is 86.6 cm³/mol. The molecule has 24 heavy (non-hydrogen) atoms. The molecule has 8 heteroatoms. The van der Waals surface area contributed by atoms with Gasteiger partial charge in [0, 0.05) is 19.3 Å². The smallest absolute Gasteiger partial charge is 0.315 e. The Morgan fingerprint density at radius 1 is 1.08 bits per heavy atom. The molecule has 0 bridgehead atoms. The summed E-state index contributed by atoms with van der Waals surface area (Å²) in [6.45, 7) is 0.674. The molecule has 3 amide bonds. The van der Waals surface area contributed by atoms with Gasteiger partial charge in [-0.1, -0.05) is 19.3 Å². The van der Waals surface area contributed by atoms with Crippen molar-refractivity contribution in [2.45, 2.75) is 62.9 Å². The first-order valence-electron chi connectivity index (χ1n) is 8.64. The summed E-state index contributed by atoms with van der Waals surface area (Å²) in [6, 6.07) is -0.174. The lowest BCUT2D eigenvalue weighted by Gasteiger charge is -2.36. The van der Waals surface area contributed by atoms with Crippen molar-refractivity contribution in [1.29, 1.82) is 0 Å². The van der Waals surface area contributed by atoms with E-state index in [1.165, 1.54) is 6.42 Å². The molecule has 1 saturated heterocycles. The number of aliphatic carboxylic acids is 1. The third kappa shape index (κ3) is 5.99. The quantitative estimate of drug-likeness (QED) is 0.569. The first kappa shape index (κ1) is 18.5. The van der Waals surface area contributed by atoms with Gasteiger partial charge in [-0.05, 0) is 25.7 Å². The van der Waals surface area contributed by atoms with Gasteiger partial charge in [-0.2, -0.15) is 0 Å². The third-order valence-corrected chi connectivity index (χ3v) is 4.69. The molecule has 0 aromatic carbocycles. The van der Waals surface area contributed by atoms with Crippen LogP contribution in [0.4, 0.5) is 4.79 Å². The van der Waals surface area contributed by atoms with E-state index in [0.717, 1.165) is 25.7 Å². The number of carbonyl (C=O) groups is 3. The van der Waals surface area contributed by atoms with Gasteiger partial charge >= 0.3 is 12.0 Å². The SMILES string of the molecule is O=C(O)CC1(NC(=O)CNC(=O)NC2CCCCC2)CCOCC1. The highest BCUT2D eigenvalue weighted by atomic mass is 16.5. The van der Waals surface area contributed by atoms with E-state index in [9.17, 15) is 14.4 Å². The number of nitrogens with one attached hydrogen (secondary N) is 3. The van der Waals surface area contributed by atoms with Crippen molar-refractivity contribution in [2.24, 2.45) is 0 Å². The third-order valence-electron chi connectivity index (χ3n) is 4.69. The Hall–Kier alpha value is -1.83. The molecule has 0 atom stereocenters. The number of amides is 3. The fourth-order valence-electron chi connectivity index (χ4n) is 3.38. The normalized spacial score (nSPS) is 20.8. The van der Waals surface area contributed by atoms with Gasteiger partial charge in [0.2, 0.25) is 5.91 Å². The number of rotatable bonds is 6. The van der Waals surface area contributed by atoms with Gasteiger partial charge in [0.1, 0.15) is 0 Å². The minimum atomic E-state index is -0.958. The molecule has 1 aliphatic carbocycles. The van der Waals surface area contributed by atoms with Crippen LogP contribution in [0.15, 0.2) is 0 Å². The van der Waals surface area contributed by atoms with E-state index >= 15 is 0 Å². The van der Waals surface area contributed by atoms with E-state index in [-0.39, 0.29) is 30.9 Å². The molecule has 1 aliphatic heterocycles. The van der Waals surface area contributed by atoms with Gasteiger partial charge in [-0.25, -0.2) is 4.79 Å². The van der Waals surface area contributed by atoms with E-state index < -0.39 is 11.5 Å². The average Bonchev–Trinajstić information content (AvgIpc) is 2.54. The van der Waals surface area contributed by atoms with Gasteiger partial charge in [-0.15, -0.1) is 0 Å². The van der Waals surface area contributed by atoms with Crippen LogP contribution in [0.2, 0.25) is 0 Å². The van der Waals surface area contributed by atoms with Crippen LogP contribution >= 0.6 is 0 Å². The molecule has 2 aliphatic rings. The molecular formula is C16H27N3O5. The lowest BCUT2D eigenvalue weighted by atomic mass is 9.86. The number of urea groups is 1. The molecule has 136 valence electrons. The van der Waals surface area contributed by atoms with Crippen LogP contribution < -0.4 is 16.0 Å². The Labute approximate surface area is 141 Å². The second-order valence-electron chi connectivity index (χ2n) is 6.67. The fraction of sp³-hybridized carbons (Fsp3) is 0.812. The molecule has 2 fully saturated rings. The summed E-state index contributed by atoms with van der Waals surface area (Å²) in [5, 5.41) is 17.3. The highest BCUT2D eigenvalue weighted by Gasteiger charge is 2.36. The fourth-order valence-corrected chi connectivity index (χ4v) is 3.38. The van der Waals surface area contributed by atoms with E-state index in [2.05, 4.69) is 16.0 Å². The summed E-state index contributed by atoms with van der Waals surface area (Å²) >= 11 is 0. The average molecular weight is 341 g/mol. The van der Waals surface area contributed by atoms with Gasteiger partial charge in [-0.3, -0.25) is 9.59 Å². The number of carbonyl (C=O) groups excluding carboxylic acids is 2. The zero-order valence-corrected chi connectivity index (χ0v) is 13.9. The van der Waals surface area contributed by atoms with Gasteiger partial charge in [0.25, 0.3) is 0 Å². The van der Waals surface area contributed by atoms with Crippen molar-refractivity contribution in [3.63, 3.8) is 0 Å². The Morgan fingerprint density at radius 3 is 2.38 bits per heavy atom. The molecule has 0 aromatic heterocycles. The predicted octanol–water partition coefficient (Wildman–Crippen LogP) is 0.758. The van der Waals surface area contributed by atoms with Crippen LogP contribution in [-0.2, 0) is 14.3 Å². The summed E-state index contributed by atoms with van der Waals surface area (Å²) in [6.07, 6.45) is 6.16. The minimum Gasteiger partial charge on any atom is -0.481 e. The highest BCUT2D eigenvalue weighted by molar-refractivity contribution is 5.85. The first-order valence-corrected chi connectivity index (χ1v) is 8.64. The van der Waals surface area contributed by atoms with Crippen LogP contribution in [0, 0.1) is 0 Å². The topological polar surface area (TPSA) is 117 Å². The van der Waals surface area contributed by atoms with E-state index in [0.29, 0.717) is 26.1 Å². The van der Waals surface area contributed by atoms with Gasteiger partial charge in [0.15, 0.2) is 0 Å². The number of carboxylic acid groups (broad SMARTS) is 1. The highest BCUT2D eigenvalue weighted by Crippen LogP contribution is 2.24. The number of hydrogen-bond donors (Lipinski definition) is 4. The molecular weight excluding hydrogens is 314 g/mol. The molecule has 0 radical (unpaired) electrons. The van der Waals surface area contributed by atoms with Crippen molar-refractivity contribution in [3.8, 4) is 0 Å². The minimum absolute atomic E-state index is 0.142. The standard InChI is InChI=1S/C16H27N3O5/c20-13(11-17-15(23)18-12-4-2-1-3-5-12)19-16(10-14(21)22)6-8-24-9-7-16/h12H,1-11H2,(H,19,20)(H,21,22)(H2,17,18,23). The summed E-state index contributed by atoms with van der Waals surface area (Å²) in [7, 11) is 0. The molecule has 1 heterocycles. The molecule has 2 rings (SSSR count). The van der Waals surface area contributed by atoms with Crippen LogP contribution in [0.3, 0.4) is 0 Å². The summed E-state index contributed by atoms with van der Waals surface area (Å²) < 4.78 is 5.25. The largest absolute Gasteiger partial charge is 0.481 e. The molecule has 1 saturated carbocycles. The second-order valence-corrected chi connectivity index (χ2v) is 6.67. The summed E-state index contributed by atoms with van der Waals surface area (Å²) in [5.74, 6) is -1.34. The number of carboxylic acids is 1. The maximum atomic E-state index is 12.1. The molecule has 4 N–H and O–H groups in total. The monoisotopic (exact) mass is 341 g/mol. The van der Waals surface area contributed by atoms with Crippen molar-refractivity contribution in [2.75, 3.05) is 19.8 Å². The Bertz CT molecular complexity index is 457. The van der Waals surface area contributed by atoms with Crippen LogP contribution in [0.5, 0.6) is 0 Å².